The Kier molecular flexibility index (Phi) is 29.2. The van der Waals surface area contributed by atoms with Crippen molar-refractivity contribution < 1.29 is 59.5 Å². The van der Waals surface area contributed by atoms with E-state index < -0.39 is 132 Å². The molecule has 0 aromatic rings. The predicted octanol–water partition coefficient (Wildman–Crippen LogP) is 1.96. The fourth-order valence-corrected chi connectivity index (χ4v) is 8.66. The van der Waals surface area contributed by atoms with Gasteiger partial charge in [0.2, 0.25) is 47.3 Å². The first-order valence-corrected chi connectivity index (χ1v) is 26.1. The smallest absolute Gasteiger partial charge is 0.331 e. The van der Waals surface area contributed by atoms with Gasteiger partial charge in [0.15, 0.2) is 7.45 Å². The number of nitrogens with zero attached hydrogens (tertiary/aromatic N) is 4. The lowest BCUT2D eigenvalue weighted by Gasteiger charge is -2.40. The Bertz CT molecular complexity index is 1930. The number of likely N-dealkylation sites (N-methyl/N-ethyl adjacent to an activating group) is 4. The number of ether oxygens (including phenoxy) is 1. The second kappa shape index (κ2) is 32.3. The Morgan fingerprint density at radius 1 is 0.568 bits per heavy atom. The summed E-state index contributed by atoms with van der Waals surface area (Å²) in [6.45, 7) is 25.7. The average Bonchev–Trinajstić information content (AvgIpc) is 3.32. The molecule has 0 unspecified atom stereocenters. The van der Waals surface area contributed by atoms with Crippen LogP contribution in [-0.2, 0) is 47.9 Å². The summed E-state index contributed by atoms with van der Waals surface area (Å²) in [5.74, 6) is -8.28. The summed E-state index contributed by atoms with van der Waals surface area (Å²) >= 11 is 0. The Hall–Kier alpha value is -5.15. The number of aliphatic hydroxyl groups is 2. The van der Waals surface area contributed by atoms with Crippen LogP contribution in [0.25, 0.3) is 0 Å². The highest BCUT2D eigenvalue weighted by Crippen LogP contribution is 2.23. The molecule has 74 heavy (non-hydrogen) atoms. The molecule has 0 aliphatic heterocycles. The molecule has 0 aliphatic carbocycles. The first kappa shape index (κ1) is 66.9. The van der Waals surface area contributed by atoms with Crippen molar-refractivity contribution in [2.45, 2.75) is 203 Å². The van der Waals surface area contributed by atoms with Crippen molar-refractivity contribution in [3.05, 3.63) is 12.2 Å². The van der Waals surface area contributed by atoms with Crippen molar-refractivity contribution in [3.63, 3.8) is 0 Å². The second-order valence-electron chi connectivity index (χ2n) is 22.0. The lowest BCUT2D eigenvalue weighted by molar-refractivity contribution is -0.156. The lowest BCUT2D eigenvalue weighted by atomic mass is 9.91. The molecule has 0 aliphatic rings. The van der Waals surface area contributed by atoms with Crippen molar-refractivity contribution in [2.75, 3.05) is 35.3 Å². The van der Waals surface area contributed by atoms with E-state index in [0.29, 0.717) is 18.2 Å². The maximum absolute atomic E-state index is 14.7. The molecular formula is C53H97N9O12. The van der Waals surface area contributed by atoms with E-state index in [4.69, 9.17) is 11.9 Å². The SMILES string of the molecule is [2H]N(C(=O)[C@H](CC(C)C)N(C)C(=O)[C@@H](N)CC(C)C)[C@@H](C)C(=O)N[C@@H](C)C(=O)N(C)[C@@H](CC(C)C)C(=O)N[C@@H](CC(C)C)C(=O)N(C)[C@H](C(=O)N(C)[C@H](C(=O)N[C@H](C(=O)OC)[C@@H](C)O)[C@H](O)[C@H](C)C/C=C/C)C(C)C. The van der Waals surface area contributed by atoms with Gasteiger partial charge in [-0.25, -0.2) is 4.79 Å². The van der Waals surface area contributed by atoms with Gasteiger partial charge in [-0.1, -0.05) is 88.3 Å². The van der Waals surface area contributed by atoms with Crippen molar-refractivity contribution in [1.29, 1.82) is 0 Å². The first-order valence-electron chi connectivity index (χ1n) is 26.6. The number of nitrogens with two attached hydrogens (primary N) is 1. The van der Waals surface area contributed by atoms with E-state index in [1.165, 1.54) is 63.7 Å². The minimum atomic E-state index is -1.61. The molecule has 0 heterocycles. The van der Waals surface area contributed by atoms with Crippen LogP contribution in [0.15, 0.2) is 12.2 Å². The van der Waals surface area contributed by atoms with E-state index in [2.05, 4.69) is 16.0 Å². The quantitative estimate of drug-likeness (QED) is 0.0387. The largest absolute Gasteiger partial charge is 0.467 e. The number of aliphatic hydroxyl groups excluding tert-OH is 2. The van der Waals surface area contributed by atoms with Gasteiger partial charge in [0, 0.05) is 28.2 Å². The summed E-state index contributed by atoms with van der Waals surface area (Å²) < 4.78 is 13.5. The van der Waals surface area contributed by atoms with Crippen LogP contribution in [0, 0.1) is 35.5 Å². The van der Waals surface area contributed by atoms with Crippen LogP contribution >= 0.6 is 0 Å². The number of rotatable bonds is 31. The van der Waals surface area contributed by atoms with Crippen molar-refractivity contribution in [2.24, 2.45) is 41.2 Å². The van der Waals surface area contributed by atoms with Crippen LogP contribution in [0.1, 0.15) is 136 Å². The van der Waals surface area contributed by atoms with Gasteiger partial charge >= 0.3 is 5.97 Å². The number of allylic oxidation sites excluding steroid dienone is 2. The summed E-state index contributed by atoms with van der Waals surface area (Å²) in [4.78, 5) is 130. The molecule has 0 radical (unpaired) electrons. The molecule has 0 saturated carbocycles. The fourth-order valence-electron chi connectivity index (χ4n) is 8.66. The second-order valence-corrected chi connectivity index (χ2v) is 22.0. The third-order valence-corrected chi connectivity index (χ3v) is 13.0. The lowest BCUT2D eigenvalue weighted by Crippen LogP contribution is -2.63. The number of amides is 8. The van der Waals surface area contributed by atoms with Gasteiger partial charge < -0.3 is 61.5 Å². The molecule has 21 heteroatoms. The molecule has 0 aromatic carbocycles. The van der Waals surface area contributed by atoms with Gasteiger partial charge in [-0.05, 0) is 95.3 Å². The van der Waals surface area contributed by atoms with Crippen molar-refractivity contribution >= 4 is 53.2 Å². The Labute approximate surface area is 443 Å². The monoisotopic (exact) mass is 1050 g/mol. The normalized spacial score (nSPS) is 16.9. The van der Waals surface area contributed by atoms with Gasteiger partial charge in [0.05, 0.1) is 25.4 Å². The number of methoxy groups -OCH3 is 1. The maximum atomic E-state index is 14.7. The van der Waals surface area contributed by atoms with Crippen molar-refractivity contribution in [3.8, 4) is 0 Å². The standard InChI is InChI=1S/C53H97N9O12/c1-21-22-23-33(12)44(64)43(48(68)58-41(36(15)63)53(73)74-20)62(19)52(72)42(32(10)11)61(18)51(71)38(25-29(4)5)57-47(67)40(27-31(8)9)59(16)49(69)35(14)56-45(65)34(13)55-46(66)39(26-30(6)7)60(17)50(70)37(54)24-28(2)3/h21-22,28-44,63-64H,23-27,54H2,1-20H3,(H,55,66)(H,56,65)(H,57,67)(H,58,68)/b22-21+/t33-,34+,35+,36-,37+,38+,39+,40+,41+,42+,43+,44-/m1/s1/i/hD. The summed E-state index contributed by atoms with van der Waals surface area (Å²) in [6.07, 6.45) is 1.78. The number of nitrogens with one attached hydrogen (secondary N) is 4. The third kappa shape index (κ3) is 21.2. The number of carbonyl (C=O) groups is 9. The van der Waals surface area contributed by atoms with Crippen LogP contribution in [-0.4, -0.2) is 185 Å². The highest BCUT2D eigenvalue weighted by molar-refractivity contribution is 5.98. The Morgan fingerprint density at radius 3 is 1.49 bits per heavy atom. The average molecular weight is 1050 g/mol. The van der Waals surface area contributed by atoms with E-state index in [1.54, 1.807) is 39.8 Å². The molecule has 0 spiro atoms. The number of hydrogen-bond acceptors (Lipinski definition) is 13. The summed E-state index contributed by atoms with van der Waals surface area (Å²) in [6, 6.07) is -11.4. The minimum Gasteiger partial charge on any atom is -0.467 e. The van der Waals surface area contributed by atoms with Crippen LogP contribution < -0.4 is 27.0 Å². The Balaban J connectivity index is 6.83. The summed E-state index contributed by atoms with van der Waals surface area (Å²) in [7, 11) is 6.60. The molecule has 0 aromatic heterocycles. The highest BCUT2D eigenvalue weighted by Gasteiger charge is 2.44. The van der Waals surface area contributed by atoms with E-state index >= 15 is 0 Å². The molecule has 0 fully saturated rings. The summed E-state index contributed by atoms with van der Waals surface area (Å²) in [5.41, 5.74) is 6.17. The predicted molar refractivity (Wildman–Crippen MR) is 284 cm³/mol. The van der Waals surface area contributed by atoms with Crippen molar-refractivity contribution in [1.82, 2.24) is 40.9 Å². The highest BCUT2D eigenvalue weighted by atomic mass is 16.5. The van der Waals surface area contributed by atoms with E-state index in [-0.39, 0.29) is 42.9 Å². The zero-order valence-corrected chi connectivity index (χ0v) is 48.3. The number of esters is 1. The van der Waals surface area contributed by atoms with E-state index in [0.717, 1.165) is 12.0 Å². The van der Waals surface area contributed by atoms with E-state index in [1.807, 2.05) is 55.4 Å². The molecule has 0 rings (SSSR count). The van der Waals surface area contributed by atoms with Gasteiger partial charge in [-0.15, -0.1) is 0 Å². The zero-order valence-electron chi connectivity index (χ0n) is 49.3. The molecule has 21 nitrogen and oxygen atoms in total. The van der Waals surface area contributed by atoms with Gasteiger partial charge in [0.25, 0.3) is 0 Å². The Morgan fingerprint density at radius 2 is 1.04 bits per heavy atom. The van der Waals surface area contributed by atoms with Gasteiger partial charge in [-0.3, -0.25) is 38.4 Å². The van der Waals surface area contributed by atoms with Crippen LogP contribution in [0.2, 0.25) is 1.41 Å². The molecule has 0 saturated heterocycles. The van der Waals surface area contributed by atoms with Gasteiger partial charge in [0.1, 0.15) is 42.3 Å². The van der Waals surface area contributed by atoms with Crippen LogP contribution in [0.5, 0.6) is 0 Å². The minimum absolute atomic E-state index is 0.0684. The molecule has 8 N–H and O–H groups in total. The number of hydrogen-bond donors (Lipinski definition) is 7. The van der Waals surface area contributed by atoms with Crippen LogP contribution in [0.3, 0.4) is 0 Å². The zero-order chi connectivity index (χ0) is 58.7. The van der Waals surface area contributed by atoms with E-state index in [9.17, 15) is 53.4 Å². The topological polar surface area (TPSA) is 290 Å². The van der Waals surface area contributed by atoms with Gasteiger partial charge in [-0.2, -0.15) is 0 Å². The molecule has 12 atom stereocenters. The first-order chi connectivity index (χ1) is 34.5. The molecular weight excluding hydrogens is 955 g/mol. The van der Waals surface area contributed by atoms with Crippen LogP contribution in [0.4, 0.5) is 0 Å². The maximum Gasteiger partial charge on any atom is 0.331 e. The third-order valence-electron chi connectivity index (χ3n) is 13.0. The molecule has 0 bridgehead atoms. The summed E-state index contributed by atoms with van der Waals surface area (Å²) in [5, 5.41) is 30.3. The molecule has 8 amide bonds. The molecule has 426 valence electrons. The fraction of sp³-hybridized carbons (Fsp3) is 0.792. The number of carbonyl (C=O) groups excluding carboxylic acids is 9.